The molecule has 0 aromatic rings. The summed E-state index contributed by atoms with van der Waals surface area (Å²) in [5.74, 6) is 0.215. The summed E-state index contributed by atoms with van der Waals surface area (Å²) in [6.07, 6.45) is 1.83. The van der Waals surface area contributed by atoms with Gasteiger partial charge in [-0.2, -0.15) is 0 Å². The maximum atomic E-state index is 11.1. The molecule has 1 unspecified atom stereocenters. The summed E-state index contributed by atoms with van der Waals surface area (Å²) >= 11 is 0. The van der Waals surface area contributed by atoms with E-state index in [0.29, 0.717) is 5.92 Å². The number of ether oxygens (including phenoxy) is 1. The first kappa shape index (κ1) is 8.49. The number of carbonyl (C=O) groups is 1. The van der Waals surface area contributed by atoms with Crippen molar-refractivity contribution in [2.24, 2.45) is 5.92 Å². The maximum Gasteiger partial charge on any atom is 0.272 e. The van der Waals surface area contributed by atoms with Crippen LogP contribution in [0.4, 0.5) is 0 Å². The van der Waals surface area contributed by atoms with Gasteiger partial charge in [-0.05, 0) is 18.8 Å². The highest BCUT2D eigenvalue weighted by Gasteiger charge is 2.36. The summed E-state index contributed by atoms with van der Waals surface area (Å²) in [6, 6.07) is 0. The van der Waals surface area contributed by atoms with Gasteiger partial charge in [-0.15, -0.1) is 0 Å². The topological polar surface area (TPSA) is 47.6 Å². The molecule has 0 saturated heterocycles. The van der Waals surface area contributed by atoms with Gasteiger partial charge in [0.25, 0.3) is 5.91 Å². The molecule has 1 fully saturated rings. The Kier molecular flexibility index (Phi) is 2.84. The zero-order valence-corrected chi connectivity index (χ0v) is 6.79. The van der Waals surface area contributed by atoms with Crippen LogP contribution < -0.4 is 5.48 Å². The fraction of sp³-hybridized carbons (Fsp3) is 0.857. The van der Waals surface area contributed by atoms with Crippen LogP contribution in [0.1, 0.15) is 12.8 Å². The number of hydrogen-bond donors (Lipinski definition) is 1. The Morgan fingerprint density at radius 1 is 1.55 bits per heavy atom. The maximum absolute atomic E-state index is 11.1. The van der Waals surface area contributed by atoms with Gasteiger partial charge in [0.1, 0.15) is 6.10 Å². The zero-order chi connectivity index (χ0) is 8.27. The van der Waals surface area contributed by atoms with E-state index in [2.05, 4.69) is 10.3 Å². The Hall–Kier alpha value is -0.610. The van der Waals surface area contributed by atoms with Crippen LogP contribution in [0.15, 0.2) is 0 Å². The van der Waals surface area contributed by atoms with Crippen LogP contribution in [-0.4, -0.2) is 26.2 Å². The van der Waals surface area contributed by atoms with Crippen LogP contribution in [0.25, 0.3) is 0 Å². The van der Waals surface area contributed by atoms with E-state index in [9.17, 15) is 4.79 Å². The minimum Gasteiger partial charge on any atom is -0.371 e. The number of rotatable bonds is 4. The van der Waals surface area contributed by atoms with Gasteiger partial charge < -0.3 is 4.74 Å². The molecule has 0 aliphatic heterocycles. The van der Waals surface area contributed by atoms with E-state index in [4.69, 9.17) is 4.74 Å². The molecule has 1 aliphatic rings. The van der Waals surface area contributed by atoms with Crippen LogP contribution in [0.5, 0.6) is 0 Å². The molecule has 1 amide bonds. The second-order valence-electron chi connectivity index (χ2n) is 2.66. The van der Waals surface area contributed by atoms with Crippen LogP contribution in [-0.2, 0) is 14.4 Å². The number of nitrogens with one attached hydrogen (secondary N) is 1. The first-order valence-electron chi connectivity index (χ1n) is 3.65. The first-order chi connectivity index (χ1) is 5.29. The molecule has 11 heavy (non-hydrogen) atoms. The van der Waals surface area contributed by atoms with Crippen LogP contribution in [0.2, 0.25) is 0 Å². The van der Waals surface area contributed by atoms with Gasteiger partial charge in [0.05, 0.1) is 7.11 Å². The lowest BCUT2D eigenvalue weighted by Crippen LogP contribution is -2.36. The van der Waals surface area contributed by atoms with E-state index >= 15 is 0 Å². The monoisotopic (exact) mass is 159 g/mol. The normalized spacial score (nSPS) is 19.5. The Morgan fingerprint density at radius 3 is 2.55 bits per heavy atom. The molecule has 0 radical (unpaired) electrons. The van der Waals surface area contributed by atoms with Gasteiger partial charge >= 0.3 is 0 Å². The standard InChI is InChI=1S/C7H13NO3/c1-10-6(5-3-4-5)7(9)8-11-2/h5-6H,3-4H2,1-2H3,(H,8,9). The molecule has 1 N–H and O–H groups in total. The third-order valence-electron chi connectivity index (χ3n) is 1.77. The van der Waals surface area contributed by atoms with Gasteiger partial charge in [0.2, 0.25) is 0 Å². The minimum absolute atomic E-state index is 0.183. The smallest absolute Gasteiger partial charge is 0.272 e. The second kappa shape index (κ2) is 3.69. The van der Waals surface area contributed by atoms with E-state index in [1.54, 1.807) is 0 Å². The van der Waals surface area contributed by atoms with Crippen molar-refractivity contribution in [2.75, 3.05) is 14.2 Å². The molecule has 1 aliphatic carbocycles. The van der Waals surface area contributed by atoms with Crippen LogP contribution >= 0.6 is 0 Å². The molecule has 4 nitrogen and oxygen atoms in total. The number of amides is 1. The fourth-order valence-corrected chi connectivity index (χ4v) is 1.07. The molecular formula is C7H13NO3. The predicted molar refractivity (Wildman–Crippen MR) is 38.7 cm³/mol. The van der Waals surface area contributed by atoms with Crippen molar-refractivity contribution in [2.45, 2.75) is 18.9 Å². The summed E-state index contributed by atoms with van der Waals surface area (Å²) in [5, 5.41) is 0. The molecule has 0 spiro atoms. The van der Waals surface area contributed by atoms with E-state index in [-0.39, 0.29) is 12.0 Å². The number of methoxy groups -OCH3 is 1. The van der Waals surface area contributed by atoms with Crippen LogP contribution in [0, 0.1) is 5.92 Å². The average Bonchev–Trinajstić information content (AvgIpc) is 2.73. The van der Waals surface area contributed by atoms with E-state index < -0.39 is 0 Å². The average molecular weight is 159 g/mol. The van der Waals surface area contributed by atoms with E-state index in [1.807, 2.05) is 0 Å². The lowest BCUT2D eigenvalue weighted by molar-refractivity contribution is -0.143. The molecule has 0 bridgehead atoms. The van der Waals surface area contributed by atoms with Crippen molar-refractivity contribution < 1.29 is 14.4 Å². The zero-order valence-electron chi connectivity index (χ0n) is 6.79. The minimum atomic E-state index is -0.324. The molecule has 0 aromatic carbocycles. The largest absolute Gasteiger partial charge is 0.371 e. The van der Waals surface area contributed by atoms with Gasteiger partial charge in [0.15, 0.2) is 0 Å². The van der Waals surface area contributed by atoms with Gasteiger partial charge in [0, 0.05) is 7.11 Å². The lowest BCUT2D eigenvalue weighted by atomic mass is 10.2. The molecule has 0 aromatic heterocycles. The molecule has 1 rings (SSSR count). The first-order valence-corrected chi connectivity index (χ1v) is 3.65. The summed E-state index contributed by atoms with van der Waals surface area (Å²) in [5.41, 5.74) is 2.25. The predicted octanol–water partition coefficient (Wildman–Crippen LogP) is 0.0890. The van der Waals surface area contributed by atoms with E-state index in [0.717, 1.165) is 12.8 Å². The van der Waals surface area contributed by atoms with Crippen LogP contribution in [0.3, 0.4) is 0 Å². The lowest BCUT2D eigenvalue weighted by Gasteiger charge is -2.12. The summed E-state index contributed by atoms with van der Waals surface area (Å²) in [7, 11) is 2.95. The number of hydrogen-bond acceptors (Lipinski definition) is 3. The highest BCUT2D eigenvalue weighted by atomic mass is 16.6. The van der Waals surface area contributed by atoms with Crippen molar-refractivity contribution in [3.05, 3.63) is 0 Å². The fourth-order valence-electron chi connectivity index (χ4n) is 1.07. The van der Waals surface area contributed by atoms with Crippen molar-refractivity contribution >= 4 is 5.91 Å². The van der Waals surface area contributed by atoms with Crippen molar-refractivity contribution in [3.63, 3.8) is 0 Å². The van der Waals surface area contributed by atoms with Crippen molar-refractivity contribution in [3.8, 4) is 0 Å². The molecular weight excluding hydrogens is 146 g/mol. The summed E-state index contributed by atoms with van der Waals surface area (Å²) < 4.78 is 5.00. The van der Waals surface area contributed by atoms with Gasteiger partial charge in [-0.1, -0.05) is 0 Å². The molecule has 1 saturated carbocycles. The molecule has 0 heterocycles. The number of carbonyl (C=O) groups excluding carboxylic acids is 1. The quantitative estimate of drug-likeness (QED) is 0.591. The van der Waals surface area contributed by atoms with Crippen molar-refractivity contribution in [1.82, 2.24) is 5.48 Å². The third kappa shape index (κ3) is 2.17. The molecule has 4 heteroatoms. The highest BCUT2D eigenvalue weighted by molar-refractivity contribution is 5.80. The third-order valence-corrected chi connectivity index (χ3v) is 1.77. The summed E-state index contributed by atoms with van der Waals surface area (Å²) in [4.78, 5) is 15.6. The van der Waals surface area contributed by atoms with Gasteiger partial charge in [-0.25, -0.2) is 5.48 Å². The Labute approximate surface area is 65.8 Å². The SMILES string of the molecule is CONC(=O)C(OC)C1CC1. The number of hydroxylamine groups is 1. The van der Waals surface area contributed by atoms with Gasteiger partial charge in [-0.3, -0.25) is 9.63 Å². The Morgan fingerprint density at radius 2 is 2.18 bits per heavy atom. The summed E-state index contributed by atoms with van der Waals surface area (Å²) in [6.45, 7) is 0. The Balaban J connectivity index is 2.33. The molecule has 1 atom stereocenters. The highest BCUT2D eigenvalue weighted by Crippen LogP contribution is 2.33. The Bertz CT molecular complexity index is 145. The van der Waals surface area contributed by atoms with E-state index in [1.165, 1.54) is 14.2 Å². The van der Waals surface area contributed by atoms with Crippen molar-refractivity contribution in [1.29, 1.82) is 0 Å². The molecule has 64 valence electrons. The second-order valence-corrected chi connectivity index (χ2v) is 2.66.